The number of carbonyl (C=O) groups is 2. The van der Waals surface area contributed by atoms with E-state index < -0.39 is 11.9 Å². The minimum absolute atomic E-state index is 0.0423. The van der Waals surface area contributed by atoms with Gasteiger partial charge in [0.15, 0.2) is 0 Å². The molecule has 3 rings (SSSR count). The normalized spacial score (nSPS) is 13.1. The van der Waals surface area contributed by atoms with Crippen LogP contribution in [-0.4, -0.2) is 36.1 Å². The van der Waals surface area contributed by atoms with Gasteiger partial charge in [0.1, 0.15) is 11.4 Å². The lowest BCUT2D eigenvalue weighted by Crippen LogP contribution is -2.26. The Morgan fingerprint density at radius 2 is 1.53 bits per heavy atom. The van der Waals surface area contributed by atoms with Crippen LogP contribution in [0.3, 0.4) is 0 Å². The predicted molar refractivity (Wildman–Crippen MR) is 110 cm³/mol. The average molecular weight is 407 g/mol. The van der Waals surface area contributed by atoms with Gasteiger partial charge in [-0.05, 0) is 56.3 Å². The summed E-state index contributed by atoms with van der Waals surface area (Å²) in [6, 6.07) is 9.03. The van der Waals surface area contributed by atoms with Crippen molar-refractivity contribution in [3.05, 3.63) is 77.4 Å². The van der Waals surface area contributed by atoms with Gasteiger partial charge in [-0.2, -0.15) is 0 Å². The number of benzene rings is 1. The molecule has 0 unspecified atom stereocenters. The standard InChI is InChI=1S/C22H21N3O5/c1-14-13-15(2)24-22(23-14)30-17-10-8-16(9-11-17)25-12-6-5-7-18(20(26)28-3)19(25)21(27)29-4/h5-13H,1-4H3. The number of methoxy groups -OCH3 is 2. The van der Waals surface area contributed by atoms with Gasteiger partial charge in [0.2, 0.25) is 0 Å². The van der Waals surface area contributed by atoms with Crippen molar-refractivity contribution in [3.63, 3.8) is 0 Å². The second-order valence-electron chi connectivity index (χ2n) is 6.35. The molecular formula is C22H21N3O5. The molecular weight excluding hydrogens is 386 g/mol. The number of ether oxygens (including phenoxy) is 3. The summed E-state index contributed by atoms with van der Waals surface area (Å²) in [7, 11) is 2.50. The van der Waals surface area contributed by atoms with Crippen LogP contribution < -0.4 is 9.64 Å². The maximum Gasteiger partial charge on any atom is 0.355 e. The molecule has 2 aromatic rings. The van der Waals surface area contributed by atoms with E-state index >= 15 is 0 Å². The summed E-state index contributed by atoms with van der Waals surface area (Å²) in [5.74, 6) is -0.791. The highest BCUT2D eigenvalue weighted by Gasteiger charge is 2.27. The van der Waals surface area contributed by atoms with Crippen LogP contribution in [0, 0.1) is 13.8 Å². The van der Waals surface area contributed by atoms with E-state index in [-0.39, 0.29) is 17.3 Å². The Bertz CT molecular complexity index is 1030. The van der Waals surface area contributed by atoms with E-state index in [2.05, 4.69) is 9.97 Å². The first kappa shape index (κ1) is 20.8. The predicted octanol–water partition coefficient (Wildman–Crippen LogP) is 3.38. The van der Waals surface area contributed by atoms with Crippen LogP contribution in [0.25, 0.3) is 0 Å². The molecule has 1 aliphatic rings. The highest BCUT2D eigenvalue weighted by Crippen LogP contribution is 2.29. The summed E-state index contributed by atoms with van der Waals surface area (Å²) in [5.41, 5.74) is 2.35. The van der Waals surface area contributed by atoms with Gasteiger partial charge in [0.25, 0.3) is 0 Å². The monoisotopic (exact) mass is 407 g/mol. The third kappa shape index (κ3) is 4.54. The maximum atomic E-state index is 12.5. The lowest BCUT2D eigenvalue weighted by atomic mass is 10.1. The second kappa shape index (κ2) is 9.04. The molecule has 1 aromatic heterocycles. The van der Waals surface area contributed by atoms with E-state index in [1.54, 1.807) is 47.5 Å². The van der Waals surface area contributed by atoms with Gasteiger partial charge in [-0.1, -0.05) is 6.08 Å². The number of nitrogens with zero attached hydrogens (tertiary/aromatic N) is 3. The molecule has 0 bridgehead atoms. The van der Waals surface area contributed by atoms with E-state index in [0.29, 0.717) is 11.4 Å². The quantitative estimate of drug-likeness (QED) is 0.697. The van der Waals surface area contributed by atoms with E-state index in [1.165, 1.54) is 20.3 Å². The summed E-state index contributed by atoms with van der Waals surface area (Å²) < 4.78 is 15.4. The largest absolute Gasteiger partial charge is 0.465 e. The van der Waals surface area contributed by atoms with Crippen LogP contribution in [0.1, 0.15) is 11.4 Å². The van der Waals surface area contributed by atoms with Crippen LogP contribution >= 0.6 is 0 Å². The molecule has 0 saturated carbocycles. The number of hydrogen-bond acceptors (Lipinski definition) is 8. The van der Waals surface area contributed by atoms with Crippen LogP contribution in [0.4, 0.5) is 5.69 Å². The molecule has 0 fully saturated rings. The summed E-state index contributed by atoms with van der Waals surface area (Å²) in [6.45, 7) is 3.73. The Morgan fingerprint density at radius 3 is 2.13 bits per heavy atom. The Hall–Kier alpha value is -3.94. The van der Waals surface area contributed by atoms with Gasteiger partial charge in [-0.3, -0.25) is 0 Å². The molecule has 0 spiro atoms. The van der Waals surface area contributed by atoms with E-state index in [0.717, 1.165) is 11.4 Å². The number of carbonyl (C=O) groups excluding carboxylic acids is 2. The molecule has 8 heteroatoms. The lowest BCUT2D eigenvalue weighted by molar-refractivity contribution is -0.139. The minimum atomic E-state index is -0.671. The Morgan fingerprint density at radius 1 is 0.900 bits per heavy atom. The number of aryl methyl sites for hydroxylation is 2. The molecule has 0 saturated heterocycles. The molecule has 1 aromatic carbocycles. The molecule has 30 heavy (non-hydrogen) atoms. The second-order valence-corrected chi connectivity index (χ2v) is 6.35. The highest BCUT2D eigenvalue weighted by atomic mass is 16.5. The molecule has 0 N–H and O–H groups in total. The fraction of sp³-hybridized carbons (Fsp3) is 0.182. The van der Waals surface area contributed by atoms with Crippen LogP contribution in [-0.2, 0) is 19.1 Å². The van der Waals surface area contributed by atoms with Crippen molar-refractivity contribution in [1.82, 2.24) is 9.97 Å². The molecule has 0 atom stereocenters. The Labute approximate surface area is 174 Å². The van der Waals surface area contributed by atoms with Crippen molar-refractivity contribution in [2.24, 2.45) is 0 Å². The van der Waals surface area contributed by atoms with E-state index in [1.807, 2.05) is 19.9 Å². The number of aromatic nitrogens is 2. The van der Waals surface area contributed by atoms with Crippen molar-refractivity contribution >= 4 is 17.6 Å². The maximum absolute atomic E-state index is 12.5. The number of rotatable bonds is 5. The van der Waals surface area contributed by atoms with Gasteiger partial charge in [0, 0.05) is 23.3 Å². The summed E-state index contributed by atoms with van der Waals surface area (Å²) in [6.07, 6.45) is 6.50. The molecule has 8 nitrogen and oxygen atoms in total. The number of hydrogen-bond donors (Lipinski definition) is 0. The van der Waals surface area contributed by atoms with Gasteiger partial charge < -0.3 is 19.1 Å². The summed E-state index contributed by atoms with van der Waals surface area (Å²) >= 11 is 0. The van der Waals surface area contributed by atoms with Crippen molar-refractivity contribution in [3.8, 4) is 11.8 Å². The van der Waals surface area contributed by atoms with Crippen molar-refractivity contribution in [1.29, 1.82) is 0 Å². The smallest absolute Gasteiger partial charge is 0.355 e. The zero-order valence-corrected chi connectivity index (χ0v) is 17.1. The Kier molecular flexibility index (Phi) is 6.26. The SMILES string of the molecule is COC(=O)C1=C(C(=O)OC)N(c2ccc(Oc3nc(C)cc(C)n3)cc2)C=CC=C1. The zero-order chi connectivity index (χ0) is 21.7. The van der Waals surface area contributed by atoms with E-state index in [9.17, 15) is 9.59 Å². The van der Waals surface area contributed by atoms with Gasteiger partial charge in [0.05, 0.1) is 19.8 Å². The fourth-order valence-electron chi connectivity index (χ4n) is 2.89. The van der Waals surface area contributed by atoms with Crippen LogP contribution in [0.2, 0.25) is 0 Å². The van der Waals surface area contributed by atoms with Crippen molar-refractivity contribution in [2.75, 3.05) is 19.1 Å². The number of esters is 2. The van der Waals surface area contributed by atoms with Crippen LogP contribution in [0.5, 0.6) is 11.8 Å². The van der Waals surface area contributed by atoms with Gasteiger partial charge in [-0.15, -0.1) is 0 Å². The van der Waals surface area contributed by atoms with Gasteiger partial charge in [-0.25, -0.2) is 19.6 Å². The number of anilines is 1. The topological polar surface area (TPSA) is 90.9 Å². The fourth-order valence-corrected chi connectivity index (χ4v) is 2.89. The summed E-state index contributed by atoms with van der Waals surface area (Å²) in [5, 5.41) is 0. The van der Waals surface area contributed by atoms with Crippen molar-refractivity contribution in [2.45, 2.75) is 13.8 Å². The lowest BCUT2D eigenvalue weighted by Gasteiger charge is -2.23. The minimum Gasteiger partial charge on any atom is -0.465 e. The molecule has 0 aliphatic carbocycles. The van der Waals surface area contributed by atoms with Crippen molar-refractivity contribution < 1.29 is 23.8 Å². The zero-order valence-electron chi connectivity index (χ0n) is 17.1. The molecule has 0 radical (unpaired) electrons. The first-order valence-corrected chi connectivity index (χ1v) is 9.08. The first-order chi connectivity index (χ1) is 14.4. The molecule has 2 heterocycles. The summed E-state index contributed by atoms with van der Waals surface area (Å²) in [4.78, 5) is 34.7. The van der Waals surface area contributed by atoms with Gasteiger partial charge >= 0.3 is 17.9 Å². The van der Waals surface area contributed by atoms with Crippen LogP contribution in [0.15, 0.2) is 66.0 Å². The van der Waals surface area contributed by atoms with E-state index in [4.69, 9.17) is 14.2 Å². The highest BCUT2D eigenvalue weighted by molar-refractivity contribution is 6.05. The third-order valence-electron chi connectivity index (χ3n) is 4.18. The third-order valence-corrected chi connectivity index (χ3v) is 4.18. The first-order valence-electron chi connectivity index (χ1n) is 9.08. The molecule has 154 valence electrons. The number of allylic oxidation sites excluding steroid dienone is 2. The average Bonchev–Trinajstić information content (AvgIpc) is 2.95. The molecule has 0 amide bonds. The Balaban J connectivity index is 1.95. The molecule has 1 aliphatic heterocycles.